The van der Waals surface area contributed by atoms with E-state index < -0.39 is 10.0 Å². The molecule has 1 aliphatic heterocycles. The Kier molecular flexibility index (Phi) is 7.57. The predicted molar refractivity (Wildman–Crippen MR) is 104 cm³/mol. The van der Waals surface area contributed by atoms with Gasteiger partial charge >= 0.3 is 0 Å². The van der Waals surface area contributed by atoms with E-state index in [0.717, 1.165) is 25.1 Å². The maximum absolute atomic E-state index is 12.3. The molecule has 1 amide bonds. The summed E-state index contributed by atoms with van der Waals surface area (Å²) in [5.41, 5.74) is 1.74. The molecule has 26 heavy (non-hydrogen) atoms. The van der Waals surface area contributed by atoms with Crippen LogP contribution in [0.15, 0.2) is 24.3 Å². The van der Waals surface area contributed by atoms with Crippen molar-refractivity contribution in [2.75, 3.05) is 59.6 Å². The van der Waals surface area contributed by atoms with Crippen LogP contribution >= 0.6 is 0 Å². The number of benzene rings is 1. The molecule has 0 radical (unpaired) electrons. The quantitative estimate of drug-likeness (QED) is 0.661. The highest BCUT2D eigenvalue weighted by atomic mass is 32.2. The molecule has 0 aliphatic carbocycles. The standard InChI is InChI=1S/C18H30N4O3S/c1-20(2)9-5-8-19-18(23)17-7-4-6-16(14-17)15-21-10-12-22(13-11-21)26(3,24)25/h4,6-7,14H,5,8-13,15H2,1-3H3,(H,19,23). The number of sulfonamides is 1. The van der Waals surface area contributed by atoms with Gasteiger partial charge in [-0.1, -0.05) is 12.1 Å². The molecule has 1 saturated heterocycles. The van der Waals surface area contributed by atoms with Gasteiger partial charge < -0.3 is 10.2 Å². The molecule has 1 aliphatic rings. The van der Waals surface area contributed by atoms with Crippen LogP contribution in [-0.2, 0) is 16.6 Å². The minimum Gasteiger partial charge on any atom is -0.352 e. The predicted octanol–water partition coefficient (Wildman–Crippen LogP) is 0.445. The molecular weight excluding hydrogens is 352 g/mol. The summed E-state index contributed by atoms with van der Waals surface area (Å²) in [6, 6.07) is 7.65. The normalized spacial score (nSPS) is 16.8. The number of piperazine rings is 1. The molecule has 146 valence electrons. The van der Waals surface area contributed by atoms with Crippen LogP contribution in [0.1, 0.15) is 22.3 Å². The SMILES string of the molecule is CN(C)CCCNC(=O)c1cccc(CN2CCN(S(C)(=O)=O)CC2)c1. The molecule has 0 spiro atoms. The van der Waals surface area contributed by atoms with Crippen molar-refractivity contribution in [3.63, 3.8) is 0 Å². The Morgan fingerprint density at radius 3 is 2.50 bits per heavy atom. The summed E-state index contributed by atoms with van der Waals surface area (Å²) >= 11 is 0. The van der Waals surface area contributed by atoms with E-state index in [2.05, 4.69) is 15.1 Å². The average Bonchev–Trinajstić information content (AvgIpc) is 2.58. The van der Waals surface area contributed by atoms with Crippen molar-refractivity contribution in [3.8, 4) is 0 Å². The summed E-state index contributed by atoms with van der Waals surface area (Å²) in [6.45, 7) is 4.77. The summed E-state index contributed by atoms with van der Waals surface area (Å²) in [5.74, 6) is -0.0486. The Labute approximate surface area is 157 Å². The molecule has 0 saturated carbocycles. The van der Waals surface area contributed by atoms with E-state index in [1.54, 1.807) is 0 Å². The van der Waals surface area contributed by atoms with Crippen LogP contribution in [0.3, 0.4) is 0 Å². The van der Waals surface area contributed by atoms with Gasteiger partial charge in [0.05, 0.1) is 6.26 Å². The fourth-order valence-electron chi connectivity index (χ4n) is 2.99. The summed E-state index contributed by atoms with van der Waals surface area (Å²) in [7, 11) is 0.924. The van der Waals surface area contributed by atoms with Gasteiger partial charge in [-0.2, -0.15) is 4.31 Å². The average molecular weight is 383 g/mol. The van der Waals surface area contributed by atoms with Gasteiger partial charge in [0.1, 0.15) is 0 Å². The van der Waals surface area contributed by atoms with Crippen molar-refractivity contribution in [2.24, 2.45) is 0 Å². The van der Waals surface area contributed by atoms with Gasteiger partial charge in [-0.15, -0.1) is 0 Å². The largest absolute Gasteiger partial charge is 0.352 e. The number of rotatable bonds is 8. The lowest BCUT2D eigenvalue weighted by Crippen LogP contribution is -2.47. The van der Waals surface area contributed by atoms with Gasteiger partial charge in [-0.05, 0) is 44.8 Å². The first-order valence-electron chi connectivity index (χ1n) is 8.95. The lowest BCUT2D eigenvalue weighted by Gasteiger charge is -2.33. The van der Waals surface area contributed by atoms with E-state index in [4.69, 9.17) is 0 Å². The molecule has 0 bridgehead atoms. The molecule has 1 heterocycles. The molecule has 1 aromatic carbocycles. The second kappa shape index (κ2) is 9.45. The highest BCUT2D eigenvalue weighted by molar-refractivity contribution is 7.88. The highest BCUT2D eigenvalue weighted by Crippen LogP contribution is 2.12. The summed E-state index contributed by atoms with van der Waals surface area (Å²) in [4.78, 5) is 16.6. The van der Waals surface area contributed by atoms with Gasteiger partial charge in [0.2, 0.25) is 10.0 Å². The molecule has 1 N–H and O–H groups in total. The monoisotopic (exact) mass is 382 g/mol. The Bertz CT molecular complexity index is 698. The van der Waals surface area contributed by atoms with Crippen molar-refractivity contribution < 1.29 is 13.2 Å². The van der Waals surface area contributed by atoms with E-state index in [1.807, 2.05) is 38.4 Å². The van der Waals surface area contributed by atoms with Crippen LogP contribution in [-0.4, -0.2) is 88.0 Å². The number of amides is 1. The number of nitrogens with zero attached hydrogens (tertiary/aromatic N) is 3. The maximum Gasteiger partial charge on any atom is 0.251 e. The van der Waals surface area contributed by atoms with E-state index in [9.17, 15) is 13.2 Å². The van der Waals surface area contributed by atoms with Gasteiger partial charge in [0.25, 0.3) is 5.91 Å². The first-order chi connectivity index (χ1) is 12.3. The highest BCUT2D eigenvalue weighted by Gasteiger charge is 2.23. The fraction of sp³-hybridized carbons (Fsp3) is 0.611. The van der Waals surface area contributed by atoms with Crippen molar-refractivity contribution >= 4 is 15.9 Å². The molecular formula is C18H30N4O3S. The number of carbonyl (C=O) groups is 1. The summed E-state index contributed by atoms with van der Waals surface area (Å²) in [6.07, 6.45) is 2.17. The van der Waals surface area contributed by atoms with Crippen LogP contribution in [0.2, 0.25) is 0 Å². The lowest BCUT2D eigenvalue weighted by molar-refractivity contribution is 0.0952. The van der Waals surface area contributed by atoms with E-state index in [1.165, 1.54) is 10.6 Å². The zero-order valence-electron chi connectivity index (χ0n) is 15.9. The summed E-state index contributed by atoms with van der Waals surface area (Å²) in [5, 5.41) is 2.96. The van der Waals surface area contributed by atoms with E-state index in [0.29, 0.717) is 38.3 Å². The van der Waals surface area contributed by atoms with Gasteiger partial charge in [-0.3, -0.25) is 9.69 Å². The molecule has 1 aromatic rings. The zero-order chi connectivity index (χ0) is 19.2. The Hall–Kier alpha value is -1.48. The van der Waals surface area contributed by atoms with Gasteiger partial charge in [0.15, 0.2) is 0 Å². The Balaban J connectivity index is 1.84. The maximum atomic E-state index is 12.3. The molecule has 8 heteroatoms. The number of hydrogen-bond donors (Lipinski definition) is 1. The van der Waals surface area contributed by atoms with Crippen molar-refractivity contribution in [1.29, 1.82) is 0 Å². The third kappa shape index (κ3) is 6.68. The smallest absolute Gasteiger partial charge is 0.251 e. The first kappa shape index (κ1) is 20.8. The number of carbonyl (C=O) groups excluding carboxylic acids is 1. The minimum absolute atomic E-state index is 0.0486. The summed E-state index contributed by atoms with van der Waals surface area (Å²) < 4.78 is 24.7. The molecule has 0 aromatic heterocycles. The van der Waals surface area contributed by atoms with E-state index in [-0.39, 0.29) is 5.91 Å². The number of nitrogens with one attached hydrogen (secondary N) is 1. The van der Waals surface area contributed by atoms with Crippen LogP contribution < -0.4 is 5.32 Å². The van der Waals surface area contributed by atoms with Gasteiger partial charge in [0, 0.05) is 44.8 Å². The number of hydrogen-bond acceptors (Lipinski definition) is 5. The Morgan fingerprint density at radius 2 is 1.88 bits per heavy atom. The van der Waals surface area contributed by atoms with Crippen molar-refractivity contribution in [3.05, 3.63) is 35.4 Å². The topological polar surface area (TPSA) is 73.0 Å². The van der Waals surface area contributed by atoms with Crippen molar-refractivity contribution in [2.45, 2.75) is 13.0 Å². The third-order valence-electron chi connectivity index (χ3n) is 4.46. The fourth-order valence-corrected chi connectivity index (χ4v) is 3.81. The second-order valence-corrected chi connectivity index (χ2v) is 9.03. The van der Waals surface area contributed by atoms with Crippen LogP contribution in [0, 0.1) is 0 Å². The lowest BCUT2D eigenvalue weighted by atomic mass is 10.1. The van der Waals surface area contributed by atoms with Crippen LogP contribution in [0.5, 0.6) is 0 Å². The molecule has 0 unspecified atom stereocenters. The van der Waals surface area contributed by atoms with Crippen LogP contribution in [0.4, 0.5) is 0 Å². The molecule has 7 nitrogen and oxygen atoms in total. The van der Waals surface area contributed by atoms with E-state index >= 15 is 0 Å². The molecule has 1 fully saturated rings. The third-order valence-corrected chi connectivity index (χ3v) is 5.77. The van der Waals surface area contributed by atoms with Gasteiger partial charge in [-0.25, -0.2) is 8.42 Å². The van der Waals surface area contributed by atoms with Crippen LogP contribution in [0.25, 0.3) is 0 Å². The zero-order valence-corrected chi connectivity index (χ0v) is 16.8. The minimum atomic E-state index is -3.11. The second-order valence-electron chi connectivity index (χ2n) is 7.05. The van der Waals surface area contributed by atoms with Crippen molar-refractivity contribution in [1.82, 2.24) is 19.4 Å². The first-order valence-corrected chi connectivity index (χ1v) is 10.8. The Morgan fingerprint density at radius 1 is 1.19 bits per heavy atom. The molecule has 2 rings (SSSR count). The molecule has 0 atom stereocenters.